The smallest absolute Gasteiger partial charge is 0.434 e. The van der Waals surface area contributed by atoms with E-state index in [1.165, 1.54) is 4.57 Å². The van der Waals surface area contributed by atoms with Crippen molar-refractivity contribution in [3.8, 4) is 17.1 Å². The van der Waals surface area contributed by atoms with Gasteiger partial charge in [0.2, 0.25) is 0 Å². The predicted octanol–water partition coefficient (Wildman–Crippen LogP) is 3.70. The van der Waals surface area contributed by atoms with Gasteiger partial charge in [-0.05, 0) is 17.7 Å². The molecule has 0 atom stereocenters. The number of aromatic nitrogens is 2. The monoisotopic (exact) mass is 302 g/mol. The molecule has 0 spiro atoms. The molecule has 3 nitrogen and oxygen atoms in total. The third kappa shape index (κ3) is 2.24. The lowest BCUT2D eigenvalue weighted by Crippen LogP contribution is -2.07. The van der Waals surface area contributed by atoms with Crippen molar-refractivity contribution in [3.63, 3.8) is 0 Å². The van der Waals surface area contributed by atoms with Gasteiger partial charge < -0.3 is 9.30 Å². The molecule has 1 aliphatic rings. The third-order valence-electron chi connectivity index (χ3n) is 3.10. The van der Waals surface area contributed by atoms with Crippen molar-refractivity contribution in [2.24, 2.45) is 0 Å². The van der Waals surface area contributed by atoms with Crippen LogP contribution in [0, 0.1) is 0 Å². The van der Waals surface area contributed by atoms with Crippen molar-refractivity contribution in [2.45, 2.75) is 18.6 Å². The zero-order valence-corrected chi connectivity index (χ0v) is 11.0. The van der Waals surface area contributed by atoms with Crippen LogP contribution in [0.5, 0.6) is 5.75 Å². The zero-order chi connectivity index (χ0) is 14.3. The first kappa shape index (κ1) is 13.3. The lowest BCUT2D eigenvalue weighted by Gasteiger charge is -2.07. The summed E-state index contributed by atoms with van der Waals surface area (Å²) in [6.45, 7) is 0.614. The second-order valence-electron chi connectivity index (χ2n) is 4.45. The molecule has 1 aromatic carbocycles. The predicted molar refractivity (Wildman–Crippen MR) is 67.7 cm³/mol. The van der Waals surface area contributed by atoms with E-state index in [1.54, 1.807) is 18.2 Å². The summed E-state index contributed by atoms with van der Waals surface area (Å²) < 4.78 is 45.3. The molecule has 3 rings (SSSR count). The lowest BCUT2D eigenvalue weighted by atomic mass is 10.1. The number of nitrogens with zero attached hydrogens (tertiary/aromatic N) is 2. The summed E-state index contributed by atoms with van der Waals surface area (Å²) in [6, 6.07) is 5.18. The van der Waals surface area contributed by atoms with Gasteiger partial charge in [0, 0.05) is 12.1 Å². The summed E-state index contributed by atoms with van der Waals surface area (Å²) in [5.41, 5.74) is 0.509. The molecule has 0 saturated carbocycles. The number of hydrogen-bond acceptors (Lipinski definition) is 2. The Labute approximate surface area is 117 Å². The summed E-state index contributed by atoms with van der Waals surface area (Å²) in [7, 11) is 0. The summed E-state index contributed by atoms with van der Waals surface area (Å²) in [5, 5.41) is 0. The number of halogens is 4. The maximum Gasteiger partial charge on any atom is 0.434 e. The van der Waals surface area contributed by atoms with Crippen molar-refractivity contribution in [1.29, 1.82) is 0 Å². The minimum atomic E-state index is -4.45. The molecule has 0 N–H and O–H groups in total. The van der Waals surface area contributed by atoms with Gasteiger partial charge in [-0.2, -0.15) is 13.2 Å². The van der Waals surface area contributed by atoms with Gasteiger partial charge in [-0.25, -0.2) is 4.98 Å². The Morgan fingerprint density at radius 2 is 2.15 bits per heavy atom. The van der Waals surface area contributed by atoms with Crippen molar-refractivity contribution in [1.82, 2.24) is 9.55 Å². The summed E-state index contributed by atoms with van der Waals surface area (Å²) in [4.78, 5) is 3.70. The average Bonchev–Trinajstić information content (AvgIpc) is 2.76. The molecule has 0 radical (unpaired) electrons. The van der Waals surface area contributed by atoms with Gasteiger partial charge in [0.05, 0.1) is 12.1 Å². The fourth-order valence-electron chi connectivity index (χ4n) is 2.15. The molecule has 0 unspecified atom stereocenters. The van der Waals surface area contributed by atoms with Gasteiger partial charge in [0.15, 0.2) is 5.69 Å². The van der Waals surface area contributed by atoms with Gasteiger partial charge in [-0.15, -0.1) is 11.6 Å². The normalized spacial score (nSPS) is 14.2. The highest BCUT2D eigenvalue weighted by molar-refractivity contribution is 6.17. The summed E-state index contributed by atoms with van der Waals surface area (Å²) in [6.07, 6.45) is -3.43. The molecule has 0 bridgehead atoms. The molecular formula is C13H10ClF3N2O. The molecule has 0 amide bonds. The highest BCUT2D eigenvalue weighted by Crippen LogP contribution is 2.36. The van der Waals surface area contributed by atoms with Gasteiger partial charge in [-0.3, -0.25) is 0 Å². The van der Waals surface area contributed by atoms with Gasteiger partial charge in [-0.1, -0.05) is 6.07 Å². The zero-order valence-electron chi connectivity index (χ0n) is 10.2. The largest absolute Gasteiger partial charge is 0.491 e. The molecular weight excluding hydrogens is 293 g/mol. The Morgan fingerprint density at radius 3 is 2.85 bits per heavy atom. The van der Waals surface area contributed by atoms with Crippen LogP contribution in [0.4, 0.5) is 13.2 Å². The number of alkyl halides is 4. The highest BCUT2D eigenvalue weighted by atomic mass is 35.5. The number of fused-ring (bicyclic) bond motifs is 3. The maximum atomic E-state index is 12.7. The molecule has 0 saturated heterocycles. The van der Waals surface area contributed by atoms with Crippen LogP contribution >= 0.6 is 11.6 Å². The molecule has 2 aromatic rings. The summed E-state index contributed by atoms with van der Waals surface area (Å²) >= 11 is 5.75. The second kappa shape index (κ2) is 4.70. The Bertz CT molecular complexity index is 652. The lowest BCUT2D eigenvalue weighted by molar-refractivity contribution is -0.140. The minimum absolute atomic E-state index is 0.269. The molecule has 0 fully saturated rings. The van der Waals surface area contributed by atoms with Crippen molar-refractivity contribution in [3.05, 3.63) is 35.7 Å². The van der Waals surface area contributed by atoms with Crippen LogP contribution in [0.15, 0.2) is 24.4 Å². The SMILES string of the molecule is FC(F)(F)c1cn2c(n1)-c1ccc(CCl)cc1OCC2. The van der Waals surface area contributed by atoms with Gasteiger partial charge in [0.25, 0.3) is 0 Å². The van der Waals surface area contributed by atoms with Gasteiger partial charge in [0.1, 0.15) is 18.2 Å². The van der Waals surface area contributed by atoms with E-state index in [0.717, 1.165) is 11.8 Å². The van der Waals surface area contributed by atoms with Crippen LogP contribution < -0.4 is 4.74 Å². The van der Waals surface area contributed by atoms with E-state index in [9.17, 15) is 13.2 Å². The van der Waals surface area contributed by atoms with Crippen LogP contribution in [0.3, 0.4) is 0 Å². The van der Waals surface area contributed by atoms with Crippen molar-refractivity contribution in [2.75, 3.05) is 6.61 Å². The van der Waals surface area contributed by atoms with Crippen molar-refractivity contribution < 1.29 is 17.9 Å². The fraction of sp³-hybridized carbons (Fsp3) is 0.308. The minimum Gasteiger partial charge on any atom is -0.491 e. The molecule has 1 aliphatic heterocycles. The van der Waals surface area contributed by atoms with E-state index in [0.29, 0.717) is 30.3 Å². The molecule has 1 aromatic heterocycles. The van der Waals surface area contributed by atoms with Crippen LogP contribution in [-0.2, 0) is 18.6 Å². The first-order valence-electron chi connectivity index (χ1n) is 5.95. The number of ether oxygens (including phenoxy) is 1. The quantitative estimate of drug-likeness (QED) is 0.751. The van der Waals surface area contributed by atoms with E-state index < -0.39 is 11.9 Å². The Kier molecular flexibility index (Phi) is 3.12. The molecule has 0 aliphatic carbocycles. The van der Waals surface area contributed by atoms with Crippen LogP contribution in [0.1, 0.15) is 11.3 Å². The Balaban J connectivity index is 2.14. The van der Waals surface area contributed by atoms with E-state index in [2.05, 4.69) is 4.98 Å². The molecule has 2 heterocycles. The van der Waals surface area contributed by atoms with Crippen LogP contribution in [0.25, 0.3) is 11.4 Å². The molecule has 7 heteroatoms. The number of rotatable bonds is 1. The van der Waals surface area contributed by atoms with E-state index in [-0.39, 0.29) is 5.82 Å². The van der Waals surface area contributed by atoms with E-state index >= 15 is 0 Å². The fourth-order valence-corrected chi connectivity index (χ4v) is 2.31. The van der Waals surface area contributed by atoms with Crippen LogP contribution in [0.2, 0.25) is 0 Å². The standard InChI is InChI=1S/C13H10ClF3N2O/c14-6-8-1-2-9-10(5-8)20-4-3-19-7-11(13(15,16)17)18-12(9)19/h1-2,5,7H,3-4,6H2. The molecule has 20 heavy (non-hydrogen) atoms. The number of hydrogen-bond donors (Lipinski definition) is 0. The third-order valence-corrected chi connectivity index (χ3v) is 3.41. The average molecular weight is 303 g/mol. The van der Waals surface area contributed by atoms with Gasteiger partial charge >= 0.3 is 6.18 Å². The van der Waals surface area contributed by atoms with Crippen molar-refractivity contribution >= 4 is 11.6 Å². The highest BCUT2D eigenvalue weighted by Gasteiger charge is 2.35. The first-order chi connectivity index (χ1) is 9.49. The maximum absolute atomic E-state index is 12.7. The van der Waals surface area contributed by atoms with E-state index in [4.69, 9.17) is 16.3 Å². The summed E-state index contributed by atoms with van der Waals surface area (Å²) in [5.74, 6) is 1.10. The van der Waals surface area contributed by atoms with E-state index in [1.807, 2.05) is 0 Å². The number of imidazole rings is 1. The second-order valence-corrected chi connectivity index (χ2v) is 4.72. The van der Waals surface area contributed by atoms with Crippen LogP contribution in [-0.4, -0.2) is 16.2 Å². The number of benzene rings is 1. The Morgan fingerprint density at radius 1 is 1.35 bits per heavy atom. The molecule has 106 valence electrons. The topological polar surface area (TPSA) is 27.1 Å². The Hall–Kier alpha value is -1.69. The first-order valence-corrected chi connectivity index (χ1v) is 6.49.